The minimum atomic E-state index is -5.36. The number of benzene rings is 3. The number of hydrogen-bond donors (Lipinski definition) is 0. The number of aryl methyl sites for hydroxylation is 2. The smallest absolute Gasteiger partial charge is 0.366 e. The standard InChI is InChI=1S/C24H18BF12N4.C11H8N.Pt/c1-38-3-5-40(13-38)25(41-6-4-39(2)14-41,19-9-15(21(26,27)28)7-16(10-19)22(29,30)31)20-11-17(23(32,33)34)8-18(12-20)24(35,36)37;1-2-6-10(7-3-1)11-8-4-5-9-12-11;/h3-14H,1-2H3;1-6,8-9H;/q+1;-1;. The Bertz CT molecular complexity index is 1960. The van der Waals surface area contributed by atoms with E-state index in [9.17, 15) is 52.7 Å². The molecule has 6 rings (SSSR count). The van der Waals surface area contributed by atoms with Gasteiger partial charge in [0.25, 0.3) is 0 Å². The fraction of sp³-hybridized carbons (Fsp3) is 0.171. The fourth-order valence-corrected chi connectivity index (χ4v) is 5.91. The quantitative estimate of drug-likeness (QED) is 0.0968. The molecule has 288 valence electrons. The molecule has 54 heavy (non-hydrogen) atoms. The van der Waals surface area contributed by atoms with E-state index in [4.69, 9.17) is 0 Å². The molecule has 0 atom stereocenters. The van der Waals surface area contributed by atoms with Crippen LogP contribution in [0.3, 0.4) is 0 Å². The average molecular weight is 950 g/mol. The molecule has 0 fully saturated rings. The number of imidazole rings is 2. The van der Waals surface area contributed by atoms with E-state index in [1.54, 1.807) is 6.20 Å². The Morgan fingerprint density at radius 3 is 1.26 bits per heavy atom. The number of alkyl halides is 12. The summed E-state index contributed by atoms with van der Waals surface area (Å²) in [6.07, 6.45) is -16.3. The summed E-state index contributed by atoms with van der Waals surface area (Å²) in [6, 6.07) is 17.6. The summed E-state index contributed by atoms with van der Waals surface area (Å²) < 4.78 is 171. The van der Waals surface area contributed by atoms with Gasteiger partial charge in [0.2, 0.25) is 0 Å². The molecule has 3 heterocycles. The van der Waals surface area contributed by atoms with Gasteiger partial charge in [0.05, 0.1) is 22.3 Å². The maximum Gasteiger partial charge on any atom is 0.416 e. The van der Waals surface area contributed by atoms with Crippen LogP contribution in [-0.4, -0.2) is 29.5 Å². The van der Waals surface area contributed by atoms with Crippen LogP contribution >= 0.6 is 0 Å². The summed E-state index contributed by atoms with van der Waals surface area (Å²) in [6.45, 7) is 0. The third-order valence-corrected chi connectivity index (χ3v) is 8.24. The monoisotopic (exact) mass is 950 g/mol. The third-order valence-electron chi connectivity index (χ3n) is 8.24. The summed E-state index contributed by atoms with van der Waals surface area (Å²) in [4.78, 5) is 4.22. The van der Waals surface area contributed by atoms with E-state index in [2.05, 4.69) is 11.1 Å². The Morgan fingerprint density at radius 2 is 0.963 bits per heavy atom. The molecule has 0 bridgehead atoms. The maximum absolute atomic E-state index is 13.9. The molecular formula is C35H26BF12N5Pt. The van der Waals surface area contributed by atoms with Crippen molar-refractivity contribution >= 4 is 17.3 Å². The Balaban J connectivity index is 0.000000421. The summed E-state index contributed by atoms with van der Waals surface area (Å²) in [5, 5.41) is 0. The molecule has 6 aromatic rings. The fourth-order valence-electron chi connectivity index (χ4n) is 5.91. The number of pyridine rings is 1. The van der Waals surface area contributed by atoms with E-state index in [-0.39, 0.29) is 33.2 Å². The number of hydrogen-bond acceptors (Lipinski definition) is 1. The van der Waals surface area contributed by atoms with Crippen LogP contribution in [0, 0.1) is 6.07 Å². The van der Waals surface area contributed by atoms with Gasteiger partial charge in [-0.15, -0.1) is 35.9 Å². The van der Waals surface area contributed by atoms with Crippen molar-refractivity contribution in [3.05, 3.63) is 151 Å². The van der Waals surface area contributed by atoms with Gasteiger partial charge in [-0.1, -0.05) is 36.4 Å². The summed E-state index contributed by atoms with van der Waals surface area (Å²) in [5.41, 5.74) is -6.90. The molecule has 3 aromatic carbocycles. The van der Waals surface area contributed by atoms with Crippen LogP contribution in [0.1, 0.15) is 22.3 Å². The SMILES string of the molecule is Cn1ccn([B-](c2cc(C(F)(F)F)cc(C(F)(F)F)c2)(c2cc(C(F)(F)F)cc(C(F)(F)F)c2)n2ccn(C)[cH+]2)[cH+]1.[Pt].[c-]1ccccc1-c1ccccn1. The summed E-state index contributed by atoms with van der Waals surface area (Å²) in [5.74, 6) is 0. The van der Waals surface area contributed by atoms with E-state index in [1.165, 1.54) is 35.6 Å². The van der Waals surface area contributed by atoms with Crippen LogP contribution < -0.4 is 10.9 Å². The van der Waals surface area contributed by atoms with E-state index in [0.717, 1.165) is 45.3 Å². The molecule has 0 saturated heterocycles. The number of rotatable bonds is 5. The van der Waals surface area contributed by atoms with Crippen LogP contribution in [0.2, 0.25) is 0 Å². The van der Waals surface area contributed by atoms with Gasteiger partial charge in [0, 0.05) is 41.4 Å². The molecule has 0 aliphatic carbocycles. The first-order chi connectivity index (χ1) is 24.6. The van der Waals surface area contributed by atoms with Crippen LogP contribution in [0.15, 0.2) is 123 Å². The molecule has 0 aliphatic heterocycles. The van der Waals surface area contributed by atoms with Gasteiger partial charge in [0.1, 0.15) is 25.0 Å². The molecule has 5 nitrogen and oxygen atoms in total. The first kappa shape index (κ1) is 41.9. The van der Waals surface area contributed by atoms with Crippen LogP contribution in [0.25, 0.3) is 11.3 Å². The molecule has 0 saturated carbocycles. The maximum atomic E-state index is 13.9. The van der Waals surface area contributed by atoms with Gasteiger partial charge in [-0.05, 0) is 23.9 Å². The van der Waals surface area contributed by atoms with Crippen molar-refractivity contribution < 1.29 is 73.8 Å². The third kappa shape index (κ3) is 9.08. The van der Waals surface area contributed by atoms with Crippen molar-refractivity contribution in [2.45, 2.75) is 24.7 Å². The molecule has 0 amide bonds. The molecule has 0 unspecified atom stereocenters. The zero-order valence-corrected chi connectivity index (χ0v) is 30.0. The average Bonchev–Trinajstić information content (AvgIpc) is 3.73. The van der Waals surface area contributed by atoms with E-state index >= 15 is 0 Å². The van der Waals surface area contributed by atoms with Crippen LogP contribution in [-0.2, 0) is 59.9 Å². The van der Waals surface area contributed by atoms with Gasteiger partial charge >= 0.3 is 31.1 Å². The minimum absolute atomic E-state index is 0. The van der Waals surface area contributed by atoms with Crippen molar-refractivity contribution in [3.8, 4) is 11.3 Å². The summed E-state index contributed by atoms with van der Waals surface area (Å²) >= 11 is 0. The zero-order chi connectivity index (χ0) is 39.0. The predicted molar refractivity (Wildman–Crippen MR) is 173 cm³/mol. The second-order valence-corrected chi connectivity index (χ2v) is 12.0. The molecule has 0 N–H and O–H groups in total. The first-order valence-electron chi connectivity index (χ1n) is 15.3. The van der Waals surface area contributed by atoms with Crippen LogP contribution in [0.5, 0.6) is 0 Å². The molecule has 0 radical (unpaired) electrons. The van der Waals surface area contributed by atoms with Gasteiger partial charge < -0.3 is 13.9 Å². The number of aromatic nitrogens is 5. The Hall–Kier alpha value is -4.86. The zero-order valence-electron chi connectivity index (χ0n) is 27.7. The van der Waals surface area contributed by atoms with Gasteiger partial charge in [-0.2, -0.15) is 63.6 Å². The van der Waals surface area contributed by atoms with E-state index in [1.807, 2.05) is 42.5 Å². The van der Waals surface area contributed by atoms with Crippen LogP contribution in [0.4, 0.5) is 52.7 Å². The number of nitrogens with zero attached hydrogens (tertiary/aromatic N) is 5. The van der Waals surface area contributed by atoms with Crippen molar-refractivity contribution in [3.63, 3.8) is 0 Å². The van der Waals surface area contributed by atoms with Gasteiger partial charge in [0.15, 0.2) is 12.4 Å². The van der Waals surface area contributed by atoms with Crippen molar-refractivity contribution in [2.24, 2.45) is 14.1 Å². The Labute approximate surface area is 314 Å². The van der Waals surface area contributed by atoms with Crippen molar-refractivity contribution in [1.29, 1.82) is 0 Å². The molecule has 0 aliphatic rings. The van der Waals surface area contributed by atoms with Crippen molar-refractivity contribution in [1.82, 2.24) is 23.1 Å². The number of halogens is 12. The molecular weight excluding hydrogens is 924 g/mol. The molecule has 19 heteroatoms. The Kier molecular flexibility index (Phi) is 12.0. The minimum Gasteiger partial charge on any atom is -0.366 e. The van der Waals surface area contributed by atoms with E-state index < -0.39 is 64.3 Å². The molecule has 0 spiro atoms. The predicted octanol–water partition coefficient (Wildman–Crippen LogP) is 8.80. The normalized spacial score (nSPS) is 12.5. The van der Waals surface area contributed by atoms with Crippen molar-refractivity contribution in [2.75, 3.05) is 0 Å². The first-order valence-corrected chi connectivity index (χ1v) is 15.3. The van der Waals surface area contributed by atoms with Gasteiger partial charge in [-0.25, -0.2) is 9.13 Å². The largest absolute Gasteiger partial charge is 0.416 e. The van der Waals surface area contributed by atoms with Gasteiger partial charge in [-0.3, -0.25) is 0 Å². The summed E-state index contributed by atoms with van der Waals surface area (Å²) in [7, 11) is 2.79. The second-order valence-electron chi connectivity index (χ2n) is 12.0. The Morgan fingerprint density at radius 1 is 0.556 bits per heavy atom. The second kappa shape index (κ2) is 15.5. The van der Waals surface area contributed by atoms with E-state index in [0.29, 0.717) is 24.3 Å². The molecule has 3 aromatic heterocycles. The topological polar surface area (TPSA) is 32.6 Å².